The number of carbonyl (C=O) groups excluding carboxylic acids is 1. The highest BCUT2D eigenvalue weighted by Gasteiger charge is 2.44. The van der Waals surface area contributed by atoms with Crippen LogP contribution in [0.2, 0.25) is 0 Å². The molecule has 1 aliphatic rings. The van der Waals surface area contributed by atoms with Crippen LogP contribution in [0.25, 0.3) is 0 Å². The van der Waals surface area contributed by atoms with Crippen LogP contribution in [0.15, 0.2) is 67.1 Å². The number of nitrogens with zero attached hydrogens (tertiary/aromatic N) is 2. The Morgan fingerprint density at radius 2 is 1.81 bits per heavy atom. The lowest BCUT2D eigenvalue weighted by molar-refractivity contribution is -0.122. The van der Waals surface area contributed by atoms with E-state index in [1.807, 2.05) is 29.0 Å². The molecule has 31 heavy (non-hydrogen) atoms. The molecule has 8 heteroatoms. The molecule has 3 aromatic rings. The van der Waals surface area contributed by atoms with Gasteiger partial charge in [0, 0.05) is 31.1 Å². The first kappa shape index (κ1) is 24.9. The van der Waals surface area contributed by atoms with Crippen molar-refractivity contribution in [2.24, 2.45) is 5.73 Å². The van der Waals surface area contributed by atoms with E-state index in [0.29, 0.717) is 13.0 Å². The van der Waals surface area contributed by atoms with Crippen molar-refractivity contribution in [3.05, 3.63) is 89.8 Å². The Balaban J connectivity index is 0.00000171. The lowest BCUT2D eigenvalue weighted by atomic mass is 9.95. The highest BCUT2D eigenvalue weighted by atomic mass is 35.5. The third-order valence-corrected chi connectivity index (χ3v) is 5.57. The van der Waals surface area contributed by atoms with E-state index >= 15 is 0 Å². The van der Waals surface area contributed by atoms with Gasteiger partial charge in [0.25, 0.3) is 0 Å². The molecule has 3 N–H and O–H groups in total. The van der Waals surface area contributed by atoms with E-state index < -0.39 is 6.04 Å². The fourth-order valence-electron chi connectivity index (χ4n) is 3.62. The van der Waals surface area contributed by atoms with Gasteiger partial charge >= 0.3 is 0 Å². The first-order chi connectivity index (χ1) is 14.0. The molecule has 1 saturated carbocycles. The molecule has 1 aromatic heterocycles. The maximum atomic E-state index is 13.2. The molecule has 2 aromatic carbocycles. The van der Waals surface area contributed by atoms with Gasteiger partial charge in [0.2, 0.25) is 5.91 Å². The lowest BCUT2D eigenvalue weighted by Crippen LogP contribution is -2.44. The van der Waals surface area contributed by atoms with Gasteiger partial charge in [-0.1, -0.05) is 42.5 Å². The van der Waals surface area contributed by atoms with Crippen molar-refractivity contribution in [2.75, 3.05) is 6.54 Å². The van der Waals surface area contributed by atoms with E-state index in [9.17, 15) is 9.18 Å². The predicted molar refractivity (Wildman–Crippen MR) is 124 cm³/mol. The highest BCUT2D eigenvalue weighted by Crippen LogP contribution is 2.47. The Bertz CT molecular complexity index is 975. The number of halogens is 3. The zero-order valence-corrected chi connectivity index (χ0v) is 18.7. The van der Waals surface area contributed by atoms with Crippen molar-refractivity contribution in [3.8, 4) is 0 Å². The second kappa shape index (κ2) is 10.8. The number of nitrogens with one attached hydrogen (secondary N) is 1. The number of hydrogen-bond donors (Lipinski definition) is 2. The number of aromatic nitrogens is 2. The third kappa shape index (κ3) is 6.29. The average molecular weight is 465 g/mol. The second-order valence-corrected chi connectivity index (χ2v) is 7.84. The third-order valence-electron chi connectivity index (χ3n) is 5.57. The quantitative estimate of drug-likeness (QED) is 0.534. The minimum absolute atomic E-state index is 0. The molecule has 1 atom stereocenters. The fraction of sp³-hybridized carbons (Fsp3) is 0.304. The Kier molecular flexibility index (Phi) is 8.62. The van der Waals surface area contributed by atoms with Crippen molar-refractivity contribution in [2.45, 2.75) is 37.3 Å². The Labute approximate surface area is 194 Å². The van der Waals surface area contributed by atoms with Gasteiger partial charge in [-0.05, 0) is 36.1 Å². The summed E-state index contributed by atoms with van der Waals surface area (Å²) in [5.41, 5.74) is 9.07. The molecule has 5 nitrogen and oxygen atoms in total. The van der Waals surface area contributed by atoms with E-state index in [4.69, 9.17) is 5.73 Å². The van der Waals surface area contributed by atoms with E-state index in [-0.39, 0.29) is 42.0 Å². The largest absolute Gasteiger partial charge is 0.354 e. The van der Waals surface area contributed by atoms with Crippen LogP contribution in [-0.4, -0.2) is 28.0 Å². The molecule has 1 heterocycles. The van der Waals surface area contributed by atoms with Gasteiger partial charge in [0.1, 0.15) is 5.82 Å². The van der Waals surface area contributed by atoms with E-state index in [1.54, 1.807) is 18.5 Å². The van der Waals surface area contributed by atoms with Crippen molar-refractivity contribution >= 4 is 30.7 Å². The van der Waals surface area contributed by atoms with Gasteiger partial charge in [0.05, 0.1) is 18.1 Å². The lowest BCUT2D eigenvalue weighted by Gasteiger charge is -2.18. The Hall–Kier alpha value is -2.41. The molecule has 0 unspecified atom stereocenters. The minimum Gasteiger partial charge on any atom is -0.354 e. The summed E-state index contributed by atoms with van der Waals surface area (Å²) >= 11 is 0. The molecule has 166 valence electrons. The van der Waals surface area contributed by atoms with Crippen LogP contribution in [0.4, 0.5) is 4.39 Å². The maximum absolute atomic E-state index is 13.2. The molecule has 0 spiro atoms. The van der Waals surface area contributed by atoms with Gasteiger partial charge in [-0.25, -0.2) is 9.37 Å². The SMILES string of the molecule is Cl.Cl.N[C@@H](Cc1cn(Cc2ccccc2)cn1)C(=O)NCC1(c2ccc(F)cc2)CC1. The molecule has 0 aliphatic heterocycles. The van der Waals surface area contributed by atoms with Gasteiger partial charge in [-0.2, -0.15) is 0 Å². The van der Waals surface area contributed by atoms with Crippen LogP contribution in [-0.2, 0) is 23.2 Å². The second-order valence-electron chi connectivity index (χ2n) is 7.84. The topological polar surface area (TPSA) is 72.9 Å². The number of imidazole rings is 1. The predicted octanol–water partition coefficient (Wildman–Crippen LogP) is 3.63. The first-order valence-corrected chi connectivity index (χ1v) is 9.88. The van der Waals surface area contributed by atoms with Crippen LogP contribution in [0, 0.1) is 5.82 Å². The number of amides is 1. The monoisotopic (exact) mass is 464 g/mol. The van der Waals surface area contributed by atoms with Gasteiger partial charge in [0.15, 0.2) is 0 Å². The summed E-state index contributed by atoms with van der Waals surface area (Å²) < 4.78 is 15.1. The van der Waals surface area contributed by atoms with Crippen LogP contribution in [0.1, 0.15) is 29.7 Å². The maximum Gasteiger partial charge on any atom is 0.237 e. The molecular weight excluding hydrogens is 438 g/mol. The molecule has 1 fully saturated rings. The minimum atomic E-state index is -0.654. The van der Waals surface area contributed by atoms with Gasteiger partial charge in [-0.3, -0.25) is 4.79 Å². The average Bonchev–Trinajstić information content (AvgIpc) is 3.40. The van der Waals surface area contributed by atoms with E-state index in [1.165, 1.54) is 17.7 Å². The summed E-state index contributed by atoms with van der Waals surface area (Å²) in [6.45, 7) is 1.25. The van der Waals surface area contributed by atoms with Crippen molar-refractivity contribution in [3.63, 3.8) is 0 Å². The normalized spacial score (nSPS) is 14.6. The summed E-state index contributed by atoms with van der Waals surface area (Å²) in [4.78, 5) is 16.9. The zero-order chi connectivity index (χ0) is 20.3. The Morgan fingerprint density at radius 1 is 1.13 bits per heavy atom. The summed E-state index contributed by atoms with van der Waals surface area (Å²) in [6.07, 6.45) is 6.05. The number of benzene rings is 2. The smallest absolute Gasteiger partial charge is 0.237 e. The number of hydrogen-bond acceptors (Lipinski definition) is 3. The molecule has 4 rings (SSSR count). The number of carbonyl (C=O) groups is 1. The van der Waals surface area contributed by atoms with Crippen LogP contribution in [0.3, 0.4) is 0 Å². The van der Waals surface area contributed by atoms with Crippen molar-refractivity contribution in [1.82, 2.24) is 14.9 Å². The van der Waals surface area contributed by atoms with E-state index in [2.05, 4.69) is 22.4 Å². The first-order valence-electron chi connectivity index (χ1n) is 9.88. The van der Waals surface area contributed by atoms with Gasteiger partial charge in [-0.15, -0.1) is 24.8 Å². The highest BCUT2D eigenvalue weighted by molar-refractivity contribution is 5.85. The summed E-state index contributed by atoms with van der Waals surface area (Å²) in [7, 11) is 0. The summed E-state index contributed by atoms with van der Waals surface area (Å²) in [6, 6.07) is 16.0. The van der Waals surface area contributed by atoms with Gasteiger partial charge < -0.3 is 15.6 Å². The zero-order valence-electron chi connectivity index (χ0n) is 17.0. The standard InChI is InChI=1S/C23H25FN4O.2ClH/c24-19-8-6-18(7-9-19)23(10-11-23)15-26-22(29)21(25)12-20-14-28(16-27-20)13-17-4-2-1-3-5-17;;/h1-9,14,16,21H,10-13,15,25H2,(H,26,29);2*1H/t21-;;/m0../s1. The summed E-state index contributed by atoms with van der Waals surface area (Å²) in [5, 5.41) is 2.97. The summed E-state index contributed by atoms with van der Waals surface area (Å²) in [5.74, 6) is -0.432. The Morgan fingerprint density at radius 3 is 2.45 bits per heavy atom. The van der Waals surface area contributed by atoms with Crippen molar-refractivity contribution < 1.29 is 9.18 Å². The van der Waals surface area contributed by atoms with Crippen LogP contribution in [0.5, 0.6) is 0 Å². The van der Waals surface area contributed by atoms with Crippen LogP contribution < -0.4 is 11.1 Å². The molecule has 1 aliphatic carbocycles. The number of rotatable bonds is 8. The molecule has 0 radical (unpaired) electrons. The van der Waals surface area contributed by atoms with Crippen molar-refractivity contribution in [1.29, 1.82) is 0 Å². The molecular formula is C23H27Cl2FN4O. The molecule has 0 saturated heterocycles. The molecule has 0 bridgehead atoms. The fourth-order valence-corrected chi connectivity index (χ4v) is 3.62. The molecule has 1 amide bonds. The van der Waals surface area contributed by atoms with E-state index in [0.717, 1.165) is 30.6 Å². The number of nitrogens with two attached hydrogens (primary N) is 1. The van der Waals surface area contributed by atoms with Crippen LogP contribution >= 0.6 is 24.8 Å².